The third-order valence-electron chi connectivity index (χ3n) is 4.98. The lowest BCUT2D eigenvalue weighted by Crippen LogP contribution is -2.08. The highest BCUT2D eigenvalue weighted by Gasteiger charge is 2.16. The number of benzene rings is 1. The zero-order chi connectivity index (χ0) is 21.9. The van der Waals surface area contributed by atoms with E-state index in [1.54, 1.807) is 35.2 Å². The van der Waals surface area contributed by atoms with Gasteiger partial charge in [-0.3, -0.25) is 9.97 Å². The molecular weight excluding hydrogens is 400 g/mol. The third-order valence-corrected chi connectivity index (χ3v) is 4.98. The number of aromatic nitrogens is 5. The molecule has 5 rings (SSSR count). The summed E-state index contributed by atoms with van der Waals surface area (Å²) >= 11 is 0. The molecule has 4 heterocycles. The van der Waals surface area contributed by atoms with Gasteiger partial charge in [0.25, 0.3) is 0 Å². The van der Waals surface area contributed by atoms with Crippen LogP contribution in [0.3, 0.4) is 0 Å². The quantitative estimate of drug-likeness (QED) is 0.405. The van der Waals surface area contributed by atoms with Gasteiger partial charge in [0.2, 0.25) is 0 Å². The number of nitrogen functional groups attached to an aromatic ring is 1. The van der Waals surface area contributed by atoms with E-state index in [4.69, 9.17) is 17.3 Å². The molecule has 0 atom stereocenters. The van der Waals surface area contributed by atoms with Gasteiger partial charge < -0.3 is 11.1 Å². The first-order valence-electron chi connectivity index (χ1n) is 9.93. The first kappa shape index (κ1) is 19.2. The van der Waals surface area contributed by atoms with Crippen LogP contribution < -0.4 is 11.1 Å². The Kier molecular flexibility index (Phi) is 4.90. The minimum absolute atomic E-state index is 0.495. The second kappa shape index (κ2) is 8.16. The molecule has 8 heteroatoms. The van der Waals surface area contributed by atoms with E-state index in [9.17, 15) is 0 Å². The van der Waals surface area contributed by atoms with Crippen LogP contribution in [0.5, 0.6) is 0 Å². The van der Waals surface area contributed by atoms with Crippen molar-refractivity contribution in [1.82, 2.24) is 24.6 Å². The van der Waals surface area contributed by atoms with Crippen molar-refractivity contribution in [2.75, 3.05) is 11.1 Å². The van der Waals surface area contributed by atoms with Gasteiger partial charge in [-0.2, -0.15) is 0 Å². The molecule has 8 nitrogen and oxygen atoms in total. The molecule has 0 aliphatic rings. The Hall–Kier alpha value is -4.77. The van der Waals surface area contributed by atoms with Gasteiger partial charge in [0.1, 0.15) is 5.52 Å². The average Bonchev–Trinajstić information content (AvgIpc) is 3.27. The van der Waals surface area contributed by atoms with Crippen molar-refractivity contribution < 1.29 is 0 Å². The molecule has 0 unspecified atom stereocenters. The second-order valence-corrected chi connectivity index (χ2v) is 7.15. The summed E-state index contributed by atoms with van der Waals surface area (Å²) in [6.07, 6.45) is 6.91. The Balaban J connectivity index is 1.66. The van der Waals surface area contributed by atoms with Crippen molar-refractivity contribution in [3.8, 4) is 22.5 Å². The number of hydrogen-bond acceptors (Lipinski definition) is 6. The number of nitrogens with one attached hydrogen (secondary N) is 1. The summed E-state index contributed by atoms with van der Waals surface area (Å²) in [5, 5.41) is 8.09. The van der Waals surface area contributed by atoms with Gasteiger partial charge in [0.05, 0.1) is 24.5 Å². The first-order chi connectivity index (χ1) is 15.7. The van der Waals surface area contributed by atoms with Crippen LogP contribution in [0.4, 0.5) is 17.2 Å². The normalized spacial score (nSPS) is 10.7. The molecule has 0 saturated carbocycles. The molecule has 0 aliphatic heterocycles. The van der Waals surface area contributed by atoms with Crippen molar-refractivity contribution in [2.45, 2.75) is 6.54 Å². The second-order valence-electron chi connectivity index (χ2n) is 7.15. The van der Waals surface area contributed by atoms with Crippen LogP contribution in [0.25, 0.3) is 32.9 Å². The molecule has 0 aliphatic carbocycles. The highest BCUT2D eigenvalue weighted by atomic mass is 15.3. The highest BCUT2D eigenvalue weighted by molar-refractivity contribution is 5.90. The molecule has 0 saturated heterocycles. The number of nitrogens with zero attached hydrogens (tertiary/aromatic N) is 6. The molecule has 0 spiro atoms. The fraction of sp³-hybridized carbons (Fsp3) is 0.0417. The minimum Gasteiger partial charge on any atom is -0.397 e. The molecule has 3 N–H and O–H groups in total. The fourth-order valence-corrected chi connectivity index (χ4v) is 3.50. The number of fused-ring (bicyclic) bond motifs is 1. The summed E-state index contributed by atoms with van der Waals surface area (Å²) in [5.41, 5.74) is 11.3. The van der Waals surface area contributed by atoms with Gasteiger partial charge >= 0.3 is 0 Å². The van der Waals surface area contributed by atoms with Crippen LogP contribution in [0.1, 0.15) is 5.69 Å². The predicted molar refractivity (Wildman–Crippen MR) is 124 cm³/mol. The fourth-order valence-electron chi connectivity index (χ4n) is 3.50. The Morgan fingerprint density at radius 1 is 1.03 bits per heavy atom. The lowest BCUT2D eigenvalue weighted by atomic mass is 10.1. The maximum atomic E-state index is 7.33. The van der Waals surface area contributed by atoms with Gasteiger partial charge in [-0.1, -0.05) is 24.3 Å². The molecule has 0 fully saturated rings. The van der Waals surface area contributed by atoms with Gasteiger partial charge in [-0.15, -0.1) is 5.10 Å². The van der Waals surface area contributed by atoms with Gasteiger partial charge in [-0.05, 0) is 35.9 Å². The molecule has 4 aromatic heterocycles. The molecule has 32 heavy (non-hydrogen) atoms. The van der Waals surface area contributed by atoms with Crippen LogP contribution in [-0.4, -0.2) is 24.6 Å². The first-order valence-corrected chi connectivity index (χ1v) is 9.93. The summed E-state index contributed by atoms with van der Waals surface area (Å²) in [4.78, 5) is 16.9. The zero-order valence-electron chi connectivity index (χ0n) is 17.0. The van der Waals surface area contributed by atoms with Crippen molar-refractivity contribution in [2.24, 2.45) is 0 Å². The summed E-state index contributed by atoms with van der Waals surface area (Å²) in [5.74, 6) is 1.15. The average molecular weight is 418 g/mol. The van der Waals surface area contributed by atoms with E-state index in [0.717, 1.165) is 27.9 Å². The molecule has 0 bridgehead atoms. The minimum atomic E-state index is 0.495. The largest absolute Gasteiger partial charge is 0.397 e. The van der Waals surface area contributed by atoms with Crippen LogP contribution in [0.2, 0.25) is 0 Å². The summed E-state index contributed by atoms with van der Waals surface area (Å²) in [6.45, 7) is 7.83. The number of hydrogen-bond donors (Lipinski definition) is 2. The van der Waals surface area contributed by atoms with E-state index < -0.39 is 0 Å². The third kappa shape index (κ3) is 3.70. The number of anilines is 2. The van der Waals surface area contributed by atoms with Crippen LogP contribution in [0, 0.1) is 6.57 Å². The van der Waals surface area contributed by atoms with E-state index in [2.05, 4.69) is 25.2 Å². The molecule has 154 valence electrons. The van der Waals surface area contributed by atoms with Crippen molar-refractivity contribution >= 4 is 22.7 Å². The van der Waals surface area contributed by atoms with Crippen molar-refractivity contribution in [1.29, 1.82) is 0 Å². The van der Waals surface area contributed by atoms with E-state index in [1.807, 2.05) is 48.7 Å². The van der Waals surface area contributed by atoms with Crippen molar-refractivity contribution in [3.05, 3.63) is 96.5 Å². The Labute approximate surface area is 184 Å². The Morgan fingerprint density at radius 2 is 1.97 bits per heavy atom. The number of pyridine rings is 2. The maximum absolute atomic E-state index is 7.33. The van der Waals surface area contributed by atoms with Gasteiger partial charge in [0, 0.05) is 35.9 Å². The Bertz CT molecular complexity index is 1450. The monoisotopic (exact) mass is 418 g/mol. The highest BCUT2D eigenvalue weighted by Crippen LogP contribution is 2.33. The SMILES string of the molecule is [C-]#[N+]c1cccc(-c2ccn3nc(-c4cncc(N)c4)nc(NCc4ccccn4)c23)c1. The molecular formula is C24H18N8. The maximum Gasteiger partial charge on any atom is 0.187 e. The topological polar surface area (TPSA) is 98.4 Å². The molecule has 1 aromatic carbocycles. The van der Waals surface area contributed by atoms with Crippen LogP contribution in [-0.2, 0) is 6.54 Å². The zero-order valence-corrected chi connectivity index (χ0v) is 17.0. The standard InChI is InChI=1S/C24H18N8/c1-26-19-7-4-5-16(12-19)21-8-10-32-22(21)24(29-15-20-6-2-3-9-28-20)30-23(31-32)17-11-18(25)14-27-13-17/h2-14H,15,25H2,(H,29,30,31). The van der Waals surface area contributed by atoms with Crippen molar-refractivity contribution in [3.63, 3.8) is 0 Å². The Morgan fingerprint density at radius 3 is 2.78 bits per heavy atom. The molecule has 0 amide bonds. The lowest BCUT2D eigenvalue weighted by molar-refractivity contribution is 0.906. The molecule has 5 aromatic rings. The molecule has 0 radical (unpaired) electrons. The van der Waals surface area contributed by atoms with Gasteiger partial charge in [0.15, 0.2) is 17.3 Å². The van der Waals surface area contributed by atoms with E-state index in [-0.39, 0.29) is 0 Å². The van der Waals surface area contributed by atoms with E-state index >= 15 is 0 Å². The van der Waals surface area contributed by atoms with Crippen LogP contribution >= 0.6 is 0 Å². The summed E-state index contributed by atoms with van der Waals surface area (Å²) < 4.78 is 1.78. The summed E-state index contributed by atoms with van der Waals surface area (Å²) in [7, 11) is 0. The lowest BCUT2D eigenvalue weighted by Gasteiger charge is -2.12. The summed E-state index contributed by atoms with van der Waals surface area (Å²) in [6, 6.07) is 17.0. The van der Waals surface area contributed by atoms with E-state index in [1.165, 1.54) is 0 Å². The van der Waals surface area contributed by atoms with E-state index in [0.29, 0.717) is 29.6 Å². The van der Waals surface area contributed by atoms with Crippen LogP contribution in [0.15, 0.2) is 79.4 Å². The number of rotatable bonds is 5. The van der Waals surface area contributed by atoms with Gasteiger partial charge in [-0.25, -0.2) is 14.3 Å². The smallest absolute Gasteiger partial charge is 0.187 e. The number of nitrogens with two attached hydrogens (primary N) is 1. The predicted octanol–water partition coefficient (Wildman–Crippen LogP) is 4.60.